The number of fused-ring (bicyclic) bond motifs is 1. The monoisotopic (exact) mass is 309 g/mol. The van der Waals surface area contributed by atoms with Crippen LogP contribution in [-0.4, -0.2) is 14.6 Å². The third kappa shape index (κ3) is 1.43. The average Bonchev–Trinajstić information content (AvgIpc) is 2.90. The molecule has 5 aromatic rings. The Kier molecular flexibility index (Phi) is 2.30. The fourth-order valence-corrected chi connectivity index (χ4v) is 3.51. The zero-order valence-electron chi connectivity index (χ0n) is 11.5. The van der Waals surface area contributed by atoms with Crippen molar-refractivity contribution in [3.05, 3.63) is 82.8 Å². The Labute approximate surface area is 131 Å². The summed E-state index contributed by atoms with van der Waals surface area (Å²) in [4.78, 5) is 4.33. The lowest BCUT2D eigenvalue weighted by molar-refractivity contribution is 0.320. The van der Waals surface area contributed by atoms with Gasteiger partial charge < -0.3 is 4.74 Å². The summed E-state index contributed by atoms with van der Waals surface area (Å²) in [6, 6.07) is 18.1. The summed E-state index contributed by atoms with van der Waals surface area (Å²) >= 11 is 6.37. The number of halogens is 1. The lowest BCUT2D eigenvalue weighted by Gasteiger charge is -2.17. The Morgan fingerprint density at radius 3 is 2.55 bits per heavy atom. The van der Waals surface area contributed by atoms with Gasteiger partial charge in [-0.2, -0.15) is 0 Å². The number of nitrogens with zero attached hydrogens (tertiary/aromatic N) is 2. The van der Waals surface area contributed by atoms with Gasteiger partial charge in [0.05, 0.1) is 0 Å². The lowest BCUT2D eigenvalue weighted by Crippen LogP contribution is -2.20. The van der Waals surface area contributed by atoms with Crippen LogP contribution in [0.5, 0.6) is 0 Å². The third-order valence-corrected chi connectivity index (χ3v) is 4.70. The van der Waals surface area contributed by atoms with Crippen molar-refractivity contribution in [1.82, 2.24) is 14.6 Å². The zero-order chi connectivity index (χ0) is 14.7. The van der Waals surface area contributed by atoms with E-state index in [2.05, 4.69) is 22.2 Å². The van der Waals surface area contributed by atoms with E-state index in [1.54, 1.807) is 6.33 Å². The van der Waals surface area contributed by atoms with Crippen molar-refractivity contribution in [3.8, 4) is 0 Å². The smallest absolute Gasteiger partial charge is 0.172 e. The molecule has 22 heavy (non-hydrogen) atoms. The molecule has 0 amide bonds. The van der Waals surface area contributed by atoms with Crippen LogP contribution >= 0.6 is 11.6 Å². The predicted molar refractivity (Wildman–Crippen MR) is 83.2 cm³/mol. The Hall–Kier alpha value is -2.30. The minimum atomic E-state index is -0.511. The van der Waals surface area contributed by atoms with Crippen molar-refractivity contribution in [2.45, 2.75) is 11.7 Å². The van der Waals surface area contributed by atoms with Gasteiger partial charge in [-0.1, -0.05) is 60.1 Å². The molecule has 1 saturated heterocycles. The number of hydrogen-bond donors (Lipinski definition) is 1. The number of H-pyrrole nitrogens is 1. The minimum Gasteiger partial charge on any atom is -0.349 e. The summed E-state index contributed by atoms with van der Waals surface area (Å²) in [7, 11) is 0. The normalized spacial score (nSPS) is 24.1. The molecule has 1 aliphatic rings. The van der Waals surface area contributed by atoms with Gasteiger partial charge in [0.2, 0.25) is 0 Å². The molecule has 108 valence electrons. The minimum absolute atomic E-state index is 0.0973. The fraction of sp³-hybridized carbons (Fsp3) is 0.118. The molecule has 0 spiro atoms. The molecule has 4 heterocycles. The number of aromatic nitrogens is 3. The van der Waals surface area contributed by atoms with E-state index in [0.29, 0.717) is 0 Å². The predicted octanol–water partition coefficient (Wildman–Crippen LogP) is 3.77. The molecular formula is C17H12ClN3O. The van der Waals surface area contributed by atoms with Gasteiger partial charge in [0.25, 0.3) is 0 Å². The molecule has 2 aromatic carbocycles. The summed E-state index contributed by atoms with van der Waals surface area (Å²) in [5.41, 5.74) is 3.55. The van der Waals surface area contributed by atoms with Crippen molar-refractivity contribution in [2.24, 2.45) is 0 Å². The van der Waals surface area contributed by atoms with Crippen molar-refractivity contribution < 1.29 is 4.74 Å². The highest BCUT2D eigenvalue weighted by Gasteiger charge is 2.63. The fourth-order valence-electron chi connectivity index (χ4n) is 3.27. The third-order valence-electron chi connectivity index (χ3n) is 4.35. The van der Waals surface area contributed by atoms with Crippen molar-refractivity contribution in [1.29, 1.82) is 0 Å². The van der Waals surface area contributed by atoms with Gasteiger partial charge in [0.15, 0.2) is 11.2 Å². The molecule has 2 bridgehead atoms. The summed E-state index contributed by atoms with van der Waals surface area (Å²) < 4.78 is 8.15. The van der Waals surface area contributed by atoms with Gasteiger partial charge >= 0.3 is 0 Å². The van der Waals surface area contributed by atoms with Crippen LogP contribution in [0.15, 0.2) is 60.9 Å². The van der Waals surface area contributed by atoms with Gasteiger partial charge in [-0.3, -0.25) is 5.10 Å². The van der Waals surface area contributed by atoms with E-state index >= 15 is 0 Å². The number of benzene rings is 2. The molecule has 1 fully saturated rings. The van der Waals surface area contributed by atoms with E-state index in [4.69, 9.17) is 16.3 Å². The summed E-state index contributed by atoms with van der Waals surface area (Å²) in [6.45, 7) is 0. The van der Waals surface area contributed by atoms with Crippen LogP contribution in [0.25, 0.3) is 5.65 Å². The molecule has 0 radical (unpaired) electrons. The molecule has 4 nitrogen and oxygen atoms in total. The Bertz CT molecular complexity index is 911. The molecular weight excluding hydrogens is 298 g/mol. The van der Waals surface area contributed by atoms with Gasteiger partial charge in [0.1, 0.15) is 18.1 Å². The first-order valence-corrected chi connectivity index (χ1v) is 7.51. The molecule has 3 aromatic heterocycles. The standard InChI is InChI=1S/C17H12ClN3O/c18-13-9-5-4-8-12(13)15-17(22-15,11-6-2-1-3-7-11)14-16-19-10-21(14)20-16/h1-10,15,20H. The Morgan fingerprint density at radius 1 is 1.09 bits per heavy atom. The van der Waals surface area contributed by atoms with E-state index in [9.17, 15) is 0 Å². The molecule has 6 rings (SSSR count). The maximum atomic E-state index is 6.37. The SMILES string of the molecule is Clc1ccccc1C1OC1(c1ccccc1)c1c2ncn1[nH]2. The topological polar surface area (TPSA) is 45.6 Å². The van der Waals surface area contributed by atoms with E-state index < -0.39 is 5.60 Å². The molecule has 0 aliphatic carbocycles. The average molecular weight is 310 g/mol. The number of epoxide rings is 1. The van der Waals surface area contributed by atoms with Crippen LogP contribution < -0.4 is 0 Å². The first-order chi connectivity index (χ1) is 10.8. The highest BCUT2D eigenvalue weighted by molar-refractivity contribution is 6.31. The van der Waals surface area contributed by atoms with Crippen molar-refractivity contribution in [3.63, 3.8) is 0 Å². The van der Waals surface area contributed by atoms with Crippen molar-refractivity contribution >= 4 is 17.2 Å². The second kappa shape index (κ2) is 4.12. The van der Waals surface area contributed by atoms with E-state index in [1.165, 1.54) is 0 Å². The quantitative estimate of drug-likeness (QED) is 0.586. The number of rotatable bonds is 3. The van der Waals surface area contributed by atoms with Crippen LogP contribution in [0.2, 0.25) is 5.02 Å². The number of nitrogens with one attached hydrogen (secondary N) is 1. The molecule has 2 atom stereocenters. The van der Waals surface area contributed by atoms with Gasteiger partial charge in [-0.05, 0) is 11.6 Å². The summed E-state index contributed by atoms with van der Waals surface area (Å²) in [5.74, 6) is 0. The van der Waals surface area contributed by atoms with E-state index in [0.717, 1.165) is 27.5 Å². The van der Waals surface area contributed by atoms with Crippen LogP contribution in [0.4, 0.5) is 0 Å². The number of imidazole rings is 1. The second-order valence-corrected chi connectivity index (χ2v) is 5.95. The first kappa shape index (κ1) is 12.3. The summed E-state index contributed by atoms with van der Waals surface area (Å²) in [5, 5.41) is 3.88. The van der Waals surface area contributed by atoms with Crippen LogP contribution in [-0.2, 0) is 10.3 Å². The van der Waals surface area contributed by atoms with E-state index in [1.807, 2.05) is 47.0 Å². The molecule has 0 saturated carbocycles. The summed E-state index contributed by atoms with van der Waals surface area (Å²) in [6.07, 6.45) is 1.68. The number of aromatic amines is 1. The highest BCUT2D eigenvalue weighted by Crippen LogP contribution is 2.62. The van der Waals surface area contributed by atoms with Gasteiger partial charge in [-0.25, -0.2) is 9.50 Å². The number of hydrogen-bond acceptors (Lipinski definition) is 2. The van der Waals surface area contributed by atoms with Gasteiger partial charge in [0, 0.05) is 10.6 Å². The van der Waals surface area contributed by atoms with Crippen molar-refractivity contribution in [2.75, 3.05) is 0 Å². The molecule has 5 heteroatoms. The maximum Gasteiger partial charge on any atom is 0.172 e. The second-order valence-electron chi connectivity index (χ2n) is 5.54. The molecule has 1 N–H and O–H groups in total. The number of ether oxygens (including phenoxy) is 1. The highest BCUT2D eigenvalue weighted by atomic mass is 35.5. The van der Waals surface area contributed by atoms with E-state index in [-0.39, 0.29) is 6.10 Å². The Balaban J connectivity index is 1.70. The van der Waals surface area contributed by atoms with Crippen LogP contribution in [0.1, 0.15) is 22.9 Å². The van der Waals surface area contributed by atoms with Crippen LogP contribution in [0.3, 0.4) is 0 Å². The largest absolute Gasteiger partial charge is 0.349 e. The molecule has 2 unspecified atom stereocenters. The molecule has 1 aliphatic heterocycles. The Morgan fingerprint density at radius 2 is 1.86 bits per heavy atom. The van der Waals surface area contributed by atoms with Crippen LogP contribution in [0, 0.1) is 0 Å². The maximum absolute atomic E-state index is 6.37. The van der Waals surface area contributed by atoms with Gasteiger partial charge in [-0.15, -0.1) is 0 Å². The zero-order valence-corrected chi connectivity index (χ0v) is 12.3. The first-order valence-electron chi connectivity index (χ1n) is 7.13. The lowest BCUT2D eigenvalue weighted by atomic mass is 9.88.